The van der Waals surface area contributed by atoms with Crippen molar-refractivity contribution in [2.45, 2.75) is 242 Å². The number of aromatic hydroxyl groups is 3. The molecule has 4 N–H and O–H groups in total. The van der Waals surface area contributed by atoms with Crippen LogP contribution in [0.1, 0.15) is 256 Å². The van der Waals surface area contributed by atoms with E-state index >= 15 is 0 Å². The van der Waals surface area contributed by atoms with Crippen molar-refractivity contribution in [3.05, 3.63) is 87.0 Å². The summed E-state index contributed by atoms with van der Waals surface area (Å²) < 4.78 is 0. The second-order valence-electron chi connectivity index (χ2n) is 32.5. The lowest BCUT2D eigenvalue weighted by Gasteiger charge is -2.57. The van der Waals surface area contributed by atoms with E-state index in [9.17, 15) is 30.1 Å². The van der Waals surface area contributed by atoms with Gasteiger partial charge in [-0.25, -0.2) is 0 Å². The first-order valence-electron chi connectivity index (χ1n) is 33.9. The molecule has 14 fully saturated rings. The van der Waals surface area contributed by atoms with Crippen molar-refractivity contribution >= 4 is 17.3 Å². The van der Waals surface area contributed by atoms with E-state index in [1.807, 2.05) is 12.1 Å². The zero-order chi connectivity index (χ0) is 55.1. The molecule has 7 nitrogen and oxygen atoms in total. The van der Waals surface area contributed by atoms with Crippen molar-refractivity contribution in [2.75, 3.05) is 0 Å². The average molecular weight is 1090 g/mol. The number of Topliss-reactive ketones (excluding diaryl/α,β-unsaturated/α-hetero) is 2. The Balaban J connectivity index is 0.000000103. The minimum atomic E-state index is -0.0433. The van der Waals surface area contributed by atoms with Crippen LogP contribution in [-0.4, -0.2) is 37.8 Å². The number of hydrogen-bond acceptors (Lipinski definition) is 7. The Morgan fingerprint density at radius 1 is 0.420 bits per heavy atom. The number of carbonyl (C=O) groups excluding carboxylic acids is 2. The Morgan fingerprint density at radius 3 is 1.21 bits per heavy atom. The summed E-state index contributed by atoms with van der Waals surface area (Å²) in [5.41, 5.74) is 13.0. The van der Waals surface area contributed by atoms with E-state index < -0.39 is 0 Å². The molecule has 17 aliphatic rings. The molecule has 12 atom stereocenters. The monoisotopic (exact) mass is 1090 g/mol. The largest absolute Gasteiger partial charge is 0.508 e. The van der Waals surface area contributed by atoms with E-state index in [-0.39, 0.29) is 27.1 Å². The maximum Gasteiger partial charge on any atom is 0.139 e. The third-order valence-electron chi connectivity index (χ3n) is 28.9. The van der Waals surface area contributed by atoms with Gasteiger partial charge in [-0.1, -0.05) is 44.1 Å². The van der Waals surface area contributed by atoms with E-state index in [4.69, 9.17) is 0 Å². The lowest BCUT2D eigenvalue weighted by Crippen LogP contribution is -2.48. The summed E-state index contributed by atoms with van der Waals surface area (Å²) in [6, 6.07) is 15.3. The molecular formula is C74H95NO6. The number of carbonyl (C=O) groups is 2. The molecule has 3 aromatic rings. The molecule has 7 heteroatoms. The highest BCUT2D eigenvalue weighted by Gasteiger charge is 2.59. The predicted molar refractivity (Wildman–Crippen MR) is 317 cm³/mol. The van der Waals surface area contributed by atoms with Crippen LogP contribution in [0.5, 0.6) is 17.2 Å². The summed E-state index contributed by atoms with van der Waals surface area (Å²) in [5.74, 6) is 13.8. The molecule has 8 bridgehead atoms. The minimum absolute atomic E-state index is 0.0322. The van der Waals surface area contributed by atoms with E-state index in [1.54, 1.807) is 11.1 Å². The molecular weight excluding hydrogens is 999 g/mol. The number of phenols is 3. The molecule has 0 aromatic heterocycles. The maximum absolute atomic E-state index is 12.7. The molecule has 17 aliphatic carbocycles. The highest BCUT2D eigenvalue weighted by atomic mass is 16.4. The van der Waals surface area contributed by atoms with Crippen LogP contribution in [0.4, 0.5) is 0 Å². The summed E-state index contributed by atoms with van der Waals surface area (Å²) in [6.45, 7) is 6.86. The summed E-state index contributed by atoms with van der Waals surface area (Å²) in [4.78, 5) is 24.9. The first-order valence-corrected chi connectivity index (χ1v) is 33.9. The second-order valence-corrected chi connectivity index (χ2v) is 32.5. The normalized spacial score (nSPS) is 46.1. The highest BCUT2D eigenvalue weighted by Crippen LogP contribution is 2.67. The van der Waals surface area contributed by atoms with E-state index in [0.717, 1.165) is 118 Å². The molecule has 0 heterocycles. The third-order valence-corrected chi connectivity index (χ3v) is 28.9. The fourth-order valence-corrected chi connectivity index (χ4v) is 26.0. The summed E-state index contributed by atoms with van der Waals surface area (Å²) in [6.07, 6.45) is 36.2. The van der Waals surface area contributed by atoms with Crippen molar-refractivity contribution in [2.24, 2.45) is 92.4 Å². The number of phenolic OH excluding ortho intramolecular Hbond substituents is 3. The molecule has 3 aromatic carbocycles. The van der Waals surface area contributed by atoms with Crippen LogP contribution in [0.15, 0.2) is 47.6 Å². The molecule has 0 spiro atoms. The summed E-state index contributed by atoms with van der Waals surface area (Å²) >= 11 is 0. The fraction of sp³-hybridized carbons (Fsp3) is 0.716. The Bertz CT molecular complexity index is 3040. The van der Waals surface area contributed by atoms with Gasteiger partial charge in [-0.05, 0) is 337 Å². The molecule has 81 heavy (non-hydrogen) atoms. The second kappa shape index (κ2) is 18.7. The first kappa shape index (κ1) is 52.4. The van der Waals surface area contributed by atoms with Crippen LogP contribution in [0.25, 0.3) is 0 Å². The first-order chi connectivity index (χ1) is 39.0. The number of fused-ring (bicyclic) bond motifs is 15. The third kappa shape index (κ3) is 7.90. The van der Waals surface area contributed by atoms with Gasteiger partial charge in [0, 0.05) is 40.2 Å². The van der Waals surface area contributed by atoms with Gasteiger partial charge in [0.15, 0.2) is 0 Å². The van der Waals surface area contributed by atoms with Crippen molar-refractivity contribution in [3.63, 3.8) is 0 Å². The van der Waals surface area contributed by atoms with Gasteiger partial charge in [0.05, 0.1) is 5.71 Å². The fourth-order valence-electron chi connectivity index (χ4n) is 26.0. The number of hydrogen-bond donors (Lipinski definition) is 4. The van der Waals surface area contributed by atoms with Crippen LogP contribution in [0.3, 0.4) is 0 Å². The van der Waals surface area contributed by atoms with Crippen LogP contribution >= 0.6 is 0 Å². The van der Waals surface area contributed by atoms with Crippen molar-refractivity contribution in [1.29, 1.82) is 0 Å². The van der Waals surface area contributed by atoms with Gasteiger partial charge >= 0.3 is 0 Å². The number of ketones is 2. The zero-order valence-electron chi connectivity index (χ0n) is 49.5. The molecule has 0 amide bonds. The Labute approximate surface area is 483 Å². The molecule has 9 unspecified atom stereocenters. The minimum Gasteiger partial charge on any atom is -0.508 e. The molecule has 0 radical (unpaired) electrons. The van der Waals surface area contributed by atoms with E-state index in [2.05, 4.69) is 56.3 Å². The van der Waals surface area contributed by atoms with Crippen LogP contribution in [0, 0.1) is 87.3 Å². The van der Waals surface area contributed by atoms with Crippen molar-refractivity contribution in [1.82, 2.24) is 0 Å². The number of rotatable bonds is 2. The smallest absolute Gasteiger partial charge is 0.139 e. The van der Waals surface area contributed by atoms with Gasteiger partial charge in [-0.3, -0.25) is 9.59 Å². The lowest BCUT2D eigenvalue weighted by molar-refractivity contribution is -0.130. The quantitative estimate of drug-likeness (QED) is 0.150. The number of benzene rings is 3. The lowest BCUT2D eigenvalue weighted by atomic mass is 9.47. The van der Waals surface area contributed by atoms with Gasteiger partial charge in [0.25, 0.3) is 0 Å². The highest BCUT2D eigenvalue weighted by molar-refractivity contribution is 5.92. The maximum atomic E-state index is 12.7. The van der Waals surface area contributed by atoms with E-state index in [0.29, 0.717) is 82.1 Å². The van der Waals surface area contributed by atoms with Gasteiger partial charge in [-0.15, -0.1) is 0 Å². The molecule has 14 saturated carbocycles. The van der Waals surface area contributed by atoms with Crippen LogP contribution < -0.4 is 0 Å². The Morgan fingerprint density at radius 2 is 0.790 bits per heavy atom. The van der Waals surface area contributed by atoms with Crippen molar-refractivity contribution < 1.29 is 30.1 Å². The SMILES string of the molecule is C[C@]12CCC3c4cc(C56CC7CC(CC(C7)C5)C6)c(O)cc4CCC3C1CC/C2=N\O.C[C@]12CCC3c4cc(C56CC7CC(CC(C7)C5)C6)c(O)cc4CCC3C1CCC2=O.C[C@]12CCC3c4ccc(O)cc4CCC3C1CCC2=O. The van der Waals surface area contributed by atoms with Gasteiger partial charge in [0.1, 0.15) is 28.8 Å². The molecule has 20 rings (SSSR count). The number of aryl methyl sites for hydroxylation is 3. The van der Waals surface area contributed by atoms with Gasteiger partial charge in [-0.2, -0.15) is 0 Å². The standard InChI is InChI=1S/C28H37NO2.C28H36O2.C18H22O2/c1-27-7-6-20-21(23(27)4-5-26(27)29-31)3-2-19-11-25(30)24(12-22(19)20)28-13-16-8-17(14-28)10-18(9-16)15-28;1-27-7-6-20-21(23(27)4-5-26(27)30)3-2-19-11-25(29)24(12-22(19)20)28-13-16-8-17(14-28)10-18(9-16)15-28;1-18-9-8-14-13-5-3-12(19)10-11(13)2-4-15(14)16(18)6-7-17(18)20/h11-12,16-18,20-21,23,30-31H,2-10,13-15H2,1H3;11-12,16-18,20-21,23,29H,2-10,13-15H2,1H3;3,5,10,14-16,19H,2,4,6-9H2,1H3/b29-26+;;/t2*16?,17?,18?,20?,21?,23?,27-,28?;14?,15?,16?,18-/m000/s1. The van der Waals surface area contributed by atoms with Crippen LogP contribution in [0.2, 0.25) is 0 Å². The Hall–Kier alpha value is -4.13. The summed E-state index contributed by atoms with van der Waals surface area (Å²) in [7, 11) is 0. The zero-order valence-corrected chi connectivity index (χ0v) is 49.5. The molecule has 0 saturated heterocycles. The number of nitrogens with zero attached hydrogens (tertiary/aromatic N) is 1. The topological polar surface area (TPSA) is 127 Å². The van der Waals surface area contributed by atoms with Crippen molar-refractivity contribution in [3.8, 4) is 17.2 Å². The predicted octanol–water partition coefficient (Wildman–Crippen LogP) is 16.6. The van der Waals surface area contributed by atoms with Crippen LogP contribution in [-0.2, 0) is 39.7 Å². The summed E-state index contributed by atoms with van der Waals surface area (Å²) in [5, 5.41) is 45.5. The van der Waals surface area contributed by atoms with E-state index in [1.165, 1.54) is 149 Å². The van der Waals surface area contributed by atoms with Gasteiger partial charge in [0.2, 0.25) is 0 Å². The number of oxime groups is 1. The Kier molecular flexibility index (Phi) is 12.1. The molecule has 0 aliphatic heterocycles. The average Bonchev–Trinajstić information content (AvgIpc) is 3.14. The molecule has 432 valence electrons. The van der Waals surface area contributed by atoms with Gasteiger partial charge < -0.3 is 20.5 Å².